The largest absolute Gasteiger partial charge is 0.490 e. The van der Waals surface area contributed by atoms with Crippen molar-refractivity contribution in [1.82, 2.24) is 0 Å². The Morgan fingerprint density at radius 1 is 1.40 bits per heavy atom. The van der Waals surface area contributed by atoms with Gasteiger partial charge in [0.2, 0.25) is 0 Å². The van der Waals surface area contributed by atoms with Gasteiger partial charge in [0.15, 0.2) is 0 Å². The molecule has 1 aliphatic heterocycles. The van der Waals surface area contributed by atoms with Crippen LogP contribution in [-0.4, -0.2) is 29.4 Å². The van der Waals surface area contributed by atoms with Crippen molar-refractivity contribution in [3.63, 3.8) is 0 Å². The fourth-order valence-corrected chi connectivity index (χ4v) is 3.11. The van der Waals surface area contributed by atoms with E-state index in [-0.39, 0.29) is 18.1 Å². The van der Waals surface area contributed by atoms with Crippen LogP contribution >= 0.6 is 0 Å². The third-order valence-electron chi connectivity index (χ3n) is 4.32. The van der Waals surface area contributed by atoms with E-state index in [0.717, 1.165) is 37.9 Å². The molecular formula is C16H20O4. The molecule has 1 atom stereocenters. The van der Waals surface area contributed by atoms with Crippen LogP contribution in [0.4, 0.5) is 0 Å². The van der Waals surface area contributed by atoms with Crippen LogP contribution in [0.1, 0.15) is 37.7 Å². The summed E-state index contributed by atoms with van der Waals surface area (Å²) in [6.45, 7) is 0.742. The van der Waals surface area contributed by atoms with Gasteiger partial charge in [-0.2, -0.15) is 0 Å². The first-order valence-electron chi connectivity index (χ1n) is 7.27. The maximum atomic E-state index is 10.9. The molecule has 0 bridgehead atoms. The zero-order valence-corrected chi connectivity index (χ0v) is 11.5. The first-order chi connectivity index (χ1) is 9.67. The average molecular weight is 276 g/mol. The third kappa shape index (κ3) is 2.80. The molecule has 4 nitrogen and oxygen atoms in total. The number of ether oxygens (including phenoxy) is 2. The Morgan fingerprint density at radius 2 is 2.20 bits per heavy atom. The molecule has 2 fully saturated rings. The van der Waals surface area contributed by atoms with Crippen molar-refractivity contribution in [3.8, 4) is 5.75 Å². The van der Waals surface area contributed by atoms with Gasteiger partial charge in [0.05, 0.1) is 18.6 Å². The summed E-state index contributed by atoms with van der Waals surface area (Å²) in [4.78, 5) is 10.9. The van der Waals surface area contributed by atoms with E-state index in [1.54, 1.807) is 0 Å². The van der Waals surface area contributed by atoms with Crippen molar-refractivity contribution in [1.29, 1.82) is 0 Å². The van der Waals surface area contributed by atoms with E-state index >= 15 is 0 Å². The van der Waals surface area contributed by atoms with Gasteiger partial charge in [-0.15, -0.1) is 0 Å². The van der Waals surface area contributed by atoms with E-state index in [9.17, 15) is 4.79 Å². The van der Waals surface area contributed by atoms with E-state index in [4.69, 9.17) is 14.6 Å². The van der Waals surface area contributed by atoms with Gasteiger partial charge in [-0.05, 0) is 25.3 Å². The summed E-state index contributed by atoms with van der Waals surface area (Å²) < 4.78 is 12.0. The molecular weight excluding hydrogens is 256 g/mol. The van der Waals surface area contributed by atoms with Gasteiger partial charge >= 0.3 is 5.97 Å². The third-order valence-corrected chi connectivity index (χ3v) is 4.32. The van der Waals surface area contributed by atoms with Crippen LogP contribution in [0, 0.1) is 0 Å². The fourth-order valence-electron chi connectivity index (χ4n) is 3.11. The van der Waals surface area contributed by atoms with Crippen molar-refractivity contribution >= 4 is 5.97 Å². The molecule has 1 saturated carbocycles. The molecule has 20 heavy (non-hydrogen) atoms. The minimum absolute atomic E-state index is 0.00450. The topological polar surface area (TPSA) is 55.8 Å². The maximum absolute atomic E-state index is 10.9. The van der Waals surface area contributed by atoms with Gasteiger partial charge in [0.25, 0.3) is 0 Å². The lowest BCUT2D eigenvalue weighted by Crippen LogP contribution is -2.48. The highest BCUT2D eigenvalue weighted by Gasteiger charge is 2.43. The van der Waals surface area contributed by atoms with Gasteiger partial charge in [-0.25, -0.2) is 0 Å². The number of carboxylic acids is 1. The van der Waals surface area contributed by atoms with Crippen molar-refractivity contribution in [2.45, 2.75) is 50.2 Å². The normalized spacial score (nSPS) is 24.1. The molecule has 2 aliphatic rings. The minimum Gasteiger partial charge on any atom is -0.490 e. The zero-order valence-electron chi connectivity index (χ0n) is 11.5. The number of para-hydroxylation sites is 1. The standard InChI is InChI=1S/C16H20O4/c17-15(18)10-12-4-1-2-5-14(12)20-13-6-9-19-16(11-13)7-3-8-16/h1-2,4-5,13H,3,6-11H2,(H,17,18). The Morgan fingerprint density at radius 3 is 2.90 bits per heavy atom. The SMILES string of the molecule is O=C(O)Cc1ccccc1OC1CCOC2(CCC2)C1. The Labute approximate surface area is 118 Å². The smallest absolute Gasteiger partial charge is 0.307 e. The molecule has 3 rings (SSSR count). The molecule has 1 aromatic rings. The lowest BCUT2D eigenvalue weighted by molar-refractivity contribution is -0.153. The van der Waals surface area contributed by atoms with Crippen LogP contribution in [0.3, 0.4) is 0 Å². The molecule has 1 saturated heterocycles. The molecule has 1 N–H and O–H groups in total. The molecule has 1 aliphatic carbocycles. The molecule has 1 heterocycles. The summed E-state index contributed by atoms with van der Waals surface area (Å²) in [6.07, 6.45) is 5.44. The summed E-state index contributed by atoms with van der Waals surface area (Å²) in [7, 11) is 0. The van der Waals surface area contributed by atoms with E-state index < -0.39 is 5.97 Å². The highest BCUT2D eigenvalue weighted by atomic mass is 16.5. The van der Waals surface area contributed by atoms with Gasteiger partial charge in [-0.3, -0.25) is 4.79 Å². The fraction of sp³-hybridized carbons (Fsp3) is 0.562. The number of carboxylic acid groups (broad SMARTS) is 1. The van der Waals surface area contributed by atoms with E-state index in [2.05, 4.69) is 0 Å². The average Bonchev–Trinajstić information content (AvgIpc) is 2.39. The second-order valence-electron chi connectivity index (χ2n) is 5.80. The number of hydrogen-bond donors (Lipinski definition) is 1. The predicted octanol–water partition coefficient (Wildman–Crippen LogP) is 2.79. The van der Waals surface area contributed by atoms with Crippen molar-refractivity contribution in [2.75, 3.05) is 6.61 Å². The first-order valence-corrected chi connectivity index (χ1v) is 7.27. The number of benzene rings is 1. The zero-order chi connectivity index (χ0) is 14.0. The Hall–Kier alpha value is -1.55. The molecule has 1 aromatic carbocycles. The summed E-state index contributed by atoms with van der Waals surface area (Å²) in [6, 6.07) is 7.42. The second-order valence-corrected chi connectivity index (χ2v) is 5.80. The molecule has 4 heteroatoms. The highest BCUT2D eigenvalue weighted by Crippen LogP contribution is 2.43. The number of aliphatic carboxylic acids is 1. The lowest BCUT2D eigenvalue weighted by atomic mass is 9.74. The van der Waals surface area contributed by atoms with Crippen LogP contribution in [0.2, 0.25) is 0 Å². The molecule has 0 aromatic heterocycles. The summed E-state index contributed by atoms with van der Waals surface area (Å²) in [5.74, 6) is -0.125. The molecule has 1 spiro atoms. The maximum Gasteiger partial charge on any atom is 0.307 e. The minimum atomic E-state index is -0.830. The Kier molecular flexibility index (Phi) is 3.66. The predicted molar refractivity (Wildman–Crippen MR) is 74.0 cm³/mol. The Balaban J connectivity index is 1.69. The van der Waals surface area contributed by atoms with Gasteiger partial charge in [0.1, 0.15) is 11.9 Å². The number of carbonyl (C=O) groups is 1. The van der Waals surface area contributed by atoms with Crippen LogP contribution in [0.5, 0.6) is 5.75 Å². The summed E-state index contributed by atoms with van der Waals surface area (Å²) in [5, 5.41) is 8.95. The first kappa shape index (κ1) is 13.4. The van der Waals surface area contributed by atoms with E-state index in [1.807, 2.05) is 24.3 Å². The second kappa shape index (κ2) is 5.44. The molecule has 0 radical (unpaired) electrons. The van der Waals surface area contributed by atoms with Crippen LogP contribution in [0.15, 0.2) is 24.3 Å². The molecule has 108 valence electrons. The van der Waals surface area contributed by atoms with E-state index in [1.165, 1.54) is 6.42 Å². The Bertz CT molecular complexity index is 493. The van der Waals surface area contributed by atoms with Crippen molar-refractivity contribution in [3.05, 3.63) is 29.8 Å². The van der Waals surface area contributed by atoms with Crippen LogP contribution in [-0.2, 0) is 16.0 Å². The van der Waals surface area contributed by atoms with Gasteiger partial charge < -0.3 is 14.6 Å². The quantitative estimate of drug-likeness (QED) is 0.918. The lowest BCUT2D eigenvalue weighted by Gasteiger charge is -2.47. The molecule has 0 amide bonds. The number of rotatable bonds is 4. The van der Waals surface area contributed by atoms with Crippen LogP contribution in [0.25, 0.3) is 0 Å². The molecule has 1 unspecified atom stereocenters. The highest BCUT2D eigenvalue weighted by molar-refractivity contribution is 5.71. The number of hydrogen-bond acceptors (Lipinski definition) is 3. The van der Waals surface area contributed by atoms with Gasteiger partial charge in [0, 0.05) is 18.4 Å². The van der Waals surface area contributed by atoms with Crippen LogP contribution < -0.4 is 4.74 Å². The summed E-state index contributed by atoms with van der Waals surface area (Å²) >= 11 is 0. The van der Waals surface area contributed by atoms with Crippen molar-refractivity contribution in [2.24, 2.45) is 0 Å². The summed E-state index contributed by atoms with van der Waals surface area (Å²) in [5.41, 5.74) is 0.791. The van der Waals surface area contributed by atoms with Crippen molar-refractivity contribution < 1.29 is 19.4 Å². The monoisotopic (exact) mass is 276 g/mol. The van der Waals surface area contributed by atoms with Gasteiger partial charge in [-0.1, -0.05) is 18.2 Å². The van der Waals surface area contributed by atoms with E-state index in [0.29, 0.717) is 5.75 Å².